The fourth-order valence-electron chi connectivity index (χ4n) is 2.98. The van der Waals surface area contributed by atoms with E-state index in [-0.39, 0.29) is 25.4 Å². The van der Waals surface area contributed by atoms with E-state index in [9.17, 15) is 18.4 Å². The molecular weight excluding hydrogens is 370 g/mol. The Hall–Kier alpha value is -2.53. The molecule has 8 nitrogen and oxygen atoms in total. The summed E-state index contributed by atoms with van der Waals surface area (Å²) in [6.45, 7) is 0.304. The summed E-state index contributed by atoms with van der Waals surface area (Å²) >= 11 is 4.71. The lowest BCUT2D eigenvalue weighted by Gasteiger charge is -2.25. The van der Waals surface area contributed by atoms with Crippen LogP contribution < -0.4 is 20.4 Å². The summed E-state index contributed by atoms with van der Waals surface area (Å²) in [6, 6.07) is 1.37. The number of thiocarbonyl (C=S) groups is 1. The number of nitrogens with zero attached hydrogens (tertiary/aromatic N) is 2. The number of ether oxygens (including phenoxy) is 2. The second-order valence-electron chi connectivity index (χ2n) is 5.58. The molecule has 2 fully saturated rings. The molecule has 0 aliphatic carbocycles. The van der Waals surface area contributed by atoms with Crippen LogP contribution >= 0.6 is 12.2 Å². The maximum absolute atomic E-state index is 14.6. The number of nitrogens with one attached hydrogen (secondary N) is 2. The van der Waals surface area contributed by atoms with Gasteiger partial charge in [-0.3, -0.25) is 15.1 Å². The van der Waals surface area contributed by atoms with Gasteiger partial charge in [0.05, 0.1) is 17.7 Å². The van der Waals surface area contributed by atoms with Crippen molar-refractivity contribution in [1.29, 1.82) is 0 Å². The van der Waals surface area contributed by atoms with Gasteiger partial charge >= 0.3 is 12.2 Å². The Morgan fingerprint density at radius 2 is 2.00 bits per heavy atom. The first kappa shape index (κ1) is 18.3. The molecule has 1 aromatic carbocycles. The van der Waals surface area contributed by atoms with E-state index in [1.165, 1.54) is 5.49 Å². The zero-order valence-electron chi connectivity index (χ0n) is 13.7. The van der Waals surface area contributed by atoms with E-state index >= 15 is 0 Å². The van der Waals surface area contributed by atoms with Crippen molar-refractivity contribution in [2.24, 2.45) is 0 Å². The van der Waals surface area contributed by atoms with E-state index < -0.39 is 41.8 Å². The number of carbonyl (C=O) groups excluding carboxylic acids is 2. The van der Waals surface area contributed by atoms with Crippen molar-refractivity contribution in [2.45, 2.75) is 12.3 Å². The third-order valence-electron chi connectivity index (χ3n) is 4.11. The van der Waals surface area contributed by atoms with Gasteiger partial charge < -0.3 is 14.8 Å². The molecule has 2 aliphatic rings. The third-order valence-corrected chi connectivity index (χ3v) is 4.28. The fraction of sp³-hybridized carbons (Fsp3) is 0.400. The van der Waals surface area contributed by atoms with Crippen molar-refractivity contribution >= 4 is 41.3 Å². The first-order chi connectivity index (χ1) is 12.5. The minimum atomic E-state index is -0.985. The van der Waals surface area contributed by atoms with Crippen LogP contribution in [-0.2, 0) is 9.47 Å². The lowest BCUT2D eigenvalue weighted by atomic mass is 10.1. The van der Waals surface area contributed by atoms with Crippen molar-refractivity contribution in [3.05, 3.63) is 23.8 Å². The van der Waals surface area contributed by atoms with Crippen LogP contribution in [0.4, 0.5) is 29.7 Å². The zero-order valence-corrected chi connectivity index (χ0v) is 14.5. The Morgan fingerprint density at radius 3 is 2.54 bits per heavy atom. The van der Waals surface area contributed by atoms with Gasteiger partial charge in [0.2, 0.25) is 0 Å². The van der Waals surface area contributed by atoms with Crippen LogP contribution in [0.1, 0.15) is 0 Å². The van der Waals surface area contributed by atoms with E-state index in [2.05, 4.69) is 10.6 Å². The van der Waals surface area contributed by atoms with Crippen molar-refractivity contribution < 1.29 is 27.8 Å². The number of benzene rings is 1. The van der Waals surface area contributed by atoms with Gasteiger partial charge in [-0.25, -0.2) is 18.4 Å². The number of halogens is 2. The molecule has 0 spiro atoms. The van der Waals surface area contributed by atoms with Gasteiger partial charge in [0.25, 0.3) is 0 Å². The summed E-state index contributed by atoms with van der Waals surface area (Å²) in [5.41, 5.74) is 0.731. The monoisotopic (exact) mass is 386 g/mol. The lowest BCUT2D eigenvalue weighted by Crippen LogP contribution is -2.48. The molecule has 3 rings (SSSR count). The summed E-state index contributed by atoms with van der Waals surface area (Å²) in [4.78, 5) is 25.8. The average molecular weight is 386 g/mol. The number of hydrogen-bond donors (Lipinski definition) is 2. The maximum Gasteiger partial charge on any atom is 0.416 e. The highest BCUT2D eigenvalue weighted by molar-refractivity contribution is 7.78. The predicted molar refractivity (Wildman–Crippen MR) is 92.3 cm³/mol. The minimum Gasteiger partial charge on any atom is -0.447 e. The van der Waals surface area contributed by atoms with Gasteiger partial charge in [-0.2, -0.15) is 0 Å². The topological polar surface area (TPSA) is 83.1 Å². The third kappa shape index (κ3) is 3.15. The molecular formula is C15H16F2N4O4S. The molecule has 2 aliphatic heterocycles. The Morgan fingerprint density at radius 1 is 1.31 bits per heavy atom. The van der Waals surface area contributed by atoms with Crippen LogP contribution in [0.15, 0.2) is 12.1 Å². The minimum absolute atomic E-state index is 0.0322. The van der Waals surface area contributed by atoms with Crippen molar-refractivity contribution in [3.8, 4) is 0 Å². The molecule has 2 N–H and O–H groups in total. The highest BCUT2D eigenvalue weighted by atomic mass is 32.1. The van der Waals surface area contributed by atoms with Crippen LogP contribution in [0.5, 0.6) is 0 Å². The Bertz CT molecular complexity index is 727. The summed E-state index contributed by atoms with van der Waals surface area (Å²) < 4.78 is 39.0. The van der Waals surface area contributed by atoms with Gasteiger partial charge in [0, 0.05) is 18.7 Å². The van der Waals surface area contributed by atoms with Crippen molar-refractivity contribution in [3.63, 3.8) is 0 Å². The van der Waals surface area contributed by atoms with E-state index in [1.807, 2.05) is 0 Å². The van der Waals surface area contributed by atoms with E-state index in [0.29, 0.717) is 0 Å². The number of carbonyl (C=O) groups is 2. The van der Waals surface area contributed by atoms with E-state index in [4.69, 9.17) is 21.7 Å². The molecule has 1 unspecified atom stereocenters. The van der Waals surface area contributed by atoms with Gasteiger partial charge in [0.1, 0.15) is 18.3 Å². The number of likely N-dealkylation sites (N-methyl/N-ethyl adjacent to an activating group) is 1. The van der Waals surface area contributed by atoms with Crippen molar-refractivity contribution in [1.82, 2.24) is 10.6 Å². The Balaban J connectivity index is 1.96. The van der Waals surface area contributed by atoms with E-state index in [0.717, 1.165) is 21.9 Å². The summed E-state index contributed by atoms with van der Waals surface area (Å²) in [7, 11) is 1.59. The lowest BCUT2D eigenvalue weighted by molar-refractivity contribution is 0.116. The van der Waals surface area contributed by atoms with E-state index in [1.54, 1.807) is 7.05 Å². The zero-order chi connectivity index (χ0) is 18.8. The van der Waals surface area contributed by atoms with Crippen LogP contribution in [-0.4, -0.2) is 56.7 Å². The number of anilines is 2. The molecule has 0 aromatic heterocycles. The molecule has 0 radical (unpaired) electrons. The number of rotatable bonds is 6. The highest BCUT2D eigenvalue weighted by Gasteiger charge is 2.42. The maximum atomic E-state index is 14.6. The highest BCUT2D eigenvalue weighted by Crippen LogP contribution is 2.33. The second-order valence-corrected chi connectivity index (χ2v) is 5.82. The predicted octanol–water partition coefficient (Wildman–Crippen LogP) is 1.34. The first-order valence-electron chi connectivity index (χ1n) is 7.75. The smallest absolute Gasteiger partial charge is 0.416 e. The molecule has 140 valence electrons. The van der Waals surface area contributed by atoms with Gasteiger partial charge in [-0.1, -0.05) is 12.2 Å². The largest absolute Gasteiger partial charge is 0.447 e. The summed E-state index contributed by atoms with van der Waals surface area (Å²) in [6.07, 6.45) is -2.27. The standard InChI is InChI=1S/C15H16F2N4O4S/c1-18-13-11(6-19-7-26)21(15(23)25-13)8-4-9(16)12(10(17)5-8)20-2-3-24-14(20)22/h4-5,7,11,13,18H,2-3,6H2,1H3,(H,19,26)/t11?,13-/m0/s1. The molecule has 1 aromatic rings. The van der Waals surface area contributed by atoms with Crippen LogP contribution in [0, 0.1) is 11.6 Å². The quantitative estimate of drug-likeness (QED) is 0.714. The summed E-state index contributed by atoms with van der Waals surface area (Å²) in [5, 5.41) is 5.60. The second kappa shape index (κ2) is 7.38. The molecule has 0 bridgehead atoms. The normalized spacial score (nSPS) is 22.4. The molecule has 2 heterocycles. The molecule has 2 amide bonds. The molecule has 26 heavy (non-hydrogen) atoms. The Kier molecular flexibility index (Phi) is 5.18. The van der Waals surface area contributed by atoms with Gasteiger partial charge in [0.15, 0.2) is 17.9 Å². The molecule has 11 heteroatoms. The molecule has 0 saturated carbocycles. The first-order valence-corrected chi connectivity index (χ1v) is 8.22. The molecule has 2 saturated heterocycles. The number of hydrogen-bond acceptors (Lipinski definition) is 6. The average Bonchev–Trinajstić information content (AvgIpc) is 3.15. The van der Waals surface area contributed by atoms with Crippen molar-refractivity contribution in [2.75, 3.05) is 36.5 Å². The number of amides is 2. The Labute approximate surface area is 153 Å². The van der Waals surface area contributed by atoms with Gasteiger partial charge in [-0.05, 0) is 7.05 Å². The van der Waals surface area contributed by atoms with Crippen LogP contribution in [0.2, 0.25) is 0 Å². The SMILES string of the molecule is CN[C@H]1OC(=O)N(c2cc(F)c(N3CCOC3=O)c(F)c2)C1CNC=S. The van der Waals surface area contributed by atoms with Crippen LogP contribution in [0.25, 0.3) is 0 Å². The van der Waals surface area contributed by atoms with Crippen LogP contribution in [0.3, 0.4) is 0 Å². The molecule has 2 atom stereocenters. The summed E-state index contributed by atoms with van der Waals surface area (Å²) in [5.74, 6) is -1.97. The number of cyclic esters (lactones) is 2. The van der Waals surface area contributed by atoms with Gasteiger partial charge in [-0.15, -0.1) is 0 Å². The fourth-order valence-corrected chi connectivity index (χ4v) is 3.07.